The maximum atomic E-state index is 12.1. The smallest absolute Gasteiger partial charge is 0.243 e. The van der Waals surface area contributed by atoms with Crippen LogP contribution in [0.1, 0.15) is 11.1 Å². The second kappa shape index (κ2) is 9.24. The van der Waals surface area contributed by atoms with Crippen LogP contribution in [0.4, 0.5) is 5.69 Å². The van der Waals surface area contributed by atoms with Crippen LogP contribution in [0, 0.1) is 6.92 Å². The predicted molar refractivity (Wildman–Crippen MR) is 104 cm³/mol. The first kappa shape index (κ1) is 19.8. The van der Waals surface area contributed by atoms with Crippen LogP contribution in [-0.2, 0) is 16.0 Å². The highest BCUT2D eigenvalue weighted by Gasteiger charge is 2.10. The maximum absolute atomic E-state index is 12.1. The number of hydrogen-bond acceptors (Lipinski definition) is 4. The lowest BCUT2D eigenvalue weighted by Gasteiger charge is -2.11. The molecule has 2 N–H and O–H groups in total. The van der Waals surface area contributed by atoms with Crippen molar-refractivity contribution in [3.63, 3.8) is 0 Å². The van der Waals surface area contributed by atoms with Crippen molar-refractivity contribution in [3.8, 4) is 11.5 Å². The third kappa shape index (κ3) is 5.49. The molecule has 7 heteroatoms. The number of hydrogen-bond donors (Lipinski definition) is 2. The van der Waals surface area contributed by atoms with Crippen molar-refractivity contribution in [1.82, 2.24) is 5.32 Å². The van der Waals surface area contributed by atoms with Gasteiger partial charge in [-0.15, -0.1) is 0 Å². The van der Waals surface area contributed by atoms with Gasteiger partial charge in [-0.3, -0.25) is 9.59 Å². The van der Waals surface area contributed by atoms with E-state index in [0.29, 0.717) is 17.2 Å². The summed E-state index contributed by atoms with van der Waals surface area (Å²) in [7, 11) is 3.09. The Bertz CT molecular complexity index is 808. The molecule has 0 radical (unpaired) electrons. The molecule has 0 aliphatic rings. The molecule has 2 aromatic carbocycles. The van der Waals surface area contributed by atoms with Gasteiger partial charge in [0.25, 0.3) is 0 Å². The van der Waals surface area contributed by atoms with Crippen LogP contribution in [0.2, 0.25) is 0 Å². The predicted octanol–water partition coefficient (Wildman–Crippen LogP) is 3.07. The topological polar surface area (TPSA) is 76.7 Å². The number of nitrogens with one attached hydrogen (secondary N) is 2. The van der Waals surface area contributed by atoms with E-state index in [4.69, 9.17) is 9.47 Å². The quantitative estimate of drug-likeness (QED) is 0.721. The van der Waals surface area contributed by atoms with Gasteiger partial charge in [0, 0.05) is 10.2 Å². The van der Waals surface area contributed by atoms with Crippen molar-refractivity contribution < 1.29 is 19.1 Å². The number of methoxy groups -OCH3 is 2. The van der Waals surface area contributed by atoms with E-state index in [9.17, 15) is 9.59 Å². The normalized spacial score (nSPS) is 10.2. The Hall–Kier alpha value is -2.54. The van der Waals surface area contributed by atoms with Crippen LogP contribution in [0.25, 0.3) is 0 Å². The molecule has 0 spiro atoms. The maximum Gasteiger partial charge on any atom is 0.243 e. The number of carbonyl (C=O) groups is 2. The van der Waals surface area contributed by atoms with Crippen LogP contribution in [0.5, 0.6) is 11.5 Å². The Morgan fingerprint density at radius 2 is 1.73 bits per heavy atom. The summed E-state index contributed by atoms with van der Waals surface area (Å²) in [5.41, 5.74) is 2.42. The average Bonchev–Trinajstić information content (AvgIpc) is 2.62. The van der Waals surface area contributed by atoms with Crippen molar-refractivity contribution in [2.75, 3.05) is 26.1 Å². The molecule has 2 aromatic rings. The summed E-state index contributed by atoms with van der Waals surface area (Å²) >= 11 is 3.38. The summed E-state index contributed by atoms with van der Waals surface area (Å²) in [5, 5.41) is 5.39. The van der Waals surface area contributed by atoms with Gasteiger partial charge in [0.2, 0.25) is 11.8 Å². The highest BCUT2D eigenvalue weighted by Crippen LogP contribution is 2.27. The minimum atomic E-state index is -0.281. The molecular formula is C19H21BrN2O4. The second-order valence-corrected chi connectivity index (χ2v) is 6.57. The minimum Gasteiger partial charge on any atom is -0.493 e. The third-order valence-electron chi connectivity index (χ3n) is 3.72. The zero-order valence-corrected chi connectivity index (χ0v) is 16.5. The molecule has 0 fully saturated rings. The van der Waals surface area contributed by atoms with Crippen LogP contribution in [0.15, 0.2) is 40.9 Å². The number of rotatable bonds is 7. The molecule has 6 nitrogen and oxygen atoms in total. The molecule has 138 valence electrons. The number of amides is 2. The first-order valence-electron chi connectivity index (χ1n) is 7.96. The van der Waals surface area contributed by atoms with E-state index >= 15 is 0 Å². The van der Waals surface area contributed by atoms with E-state index in [1.54, 1.807) is 25.3 Å². The molecule has 0 heterocycles. The number of benzene rings is 2. The molecule has 0 atom stereocenters. The standard InChI is InChI=1S/C19H21BrN2O4/c1-12-8-14(20)5-6-15(12)22-19(24)11-21-18(23)10-13-4-7-16(25-2)17(9-13)26-3/h4-9H,10-11H2,1-3H3,(H,21,23)(H,22,24). The van der Waals surface area contributed by atoms with E-state index in [1.807, 2.05) is 25.1 Å². The molecule has 0 bridgehead atoms. The highest BCUT2D eigenvalue weighted by atomic mass is 79.9. The van der Waals surface area contributed by atoms with Crippen molar-refractivity contribution >= 4 is 33.4 Å². The summed E-state index contributed by atoms with van der Waals surface area (Å²) in [6, 6.07) is 10.8. The first-order chi connectivity index (χ1) is 12.4. The molecule has 2 amide bonds. The second-order valence-electron chi connectivity index (χ2n) is 5.65. The van der Waals surface area contributed by atoms with Crippen molar-refractivity contribution in [1.29, 1.82) is 0 Å². The summed E-state index contributed by atoms with van der Waals surface area (Å²) in [5.74, 6) is 0.623. The third-order valence-corrected chi connectivity index (χ3v) is 4.21. The van der Waals surface area contributed by atoms with E-state index in [2.05, 4.69) is 26.6 Å². The van der Waals surface area contributed by atoms with Gasteiger partial charge in [-0.25, -0.2) is 0 Å². The molecule has 0 saturated carbocycles. The van der Waals surface area contributed by atoms with Crippen LogP contribution in [0.3, 0.4) is 0 Å². The van der Waals surface area contributed by atoms with Gasteiger partial charge in [-0.2, -0.15) is 0 Å². The van der Waals surface area contributed by atoms with Gasteiger partial charge in [0.1, 0.15) is 0 Å². The molecule has 26 heavy (non-hydrogen) atoms. The number of halogens is 1. The fourth-order valence-electron chi connectivity index (χ4n) is 2.38. The molecule has 0 saturated heterocycles. The Kier molecular flexibility index (Phi) is 7.03. The van der Waals surface area contributed by atoms with E-state index in [-0.39, 0.29) is 24.8 Å². The number of anilines is 1. The zero-order valence-electron chi connectivity index (χ0n) is 14.9. The largest absolute Gasteiger partial charge is 0.493 e. The molecule has 0 aliphatic carbocycles. The van der Waals surface area contributed by atoms with Crippen molar-refractivity contribution in [2.45, 2.75) is 13.3 Å². The number of aryl methyl sites for hydroxylation is 1. The first-order valence-corrected chi connectivity index (χ1v) is 8.76. The molecule has 2 rings (SSSR count). The van der Waals surface area contributed by atoms with Gasteiger partial charge >= 0.3 is 0 Å². The van der Waals surface area contributed by atoms with Crippen molar-refractivity contribution in [2.24, 2.45) is 0 Å². The lowest BCUT2D eigenvalue weighted by Crippen LogP contribution is -2.33. The van der Waals surface area contributed by atoms with E-state index in [1.165, 1.54) is 7.11 Å². The van der Waals surface area contributed by atoms with E-state index in [0.717, 1.165) is 15.6 Å². The zero-order chi connectivity index (χ0) is 19.1. The summed E-state index contributed by atoms with van der Waals surface area (Å²) in [4.78, 5) is 24.1. The van der Waals surface area contributed by atoms with Crippen LogP contribution >= 0.6 is 15.9 Å². The van der Waals surface area contributed by atoms with Gasteiger partial charge in [-0.1, -0.05) is 22.0 Å². The Balaban J connectivity index is 1.87. The summed E-state index contributed by atoms with van der Waals surface area (Å²) in [6.45, 7) is 1.80. The molecular weight excluding hydrogens is 400 g/mol. The molecule has 0 aromatic heterocycles. The fourth-order valence-corrected chi connectivity index (χ4v) is 2.85. The van der Waals surface area contributed by atoms with Crippen LogP contribution in [-0.4, -0.2) is 32.6 Å². The average molecular weight is 421 g/mol. The molecule has 0 unspecified atom stereocenters. The Morgan fingerprint density at radius 3 is 2.38 bits per heavy atom. The van der Waals surface area contributed by atoms with Crippen molar-refractivity contribution in [3.05, 3.63) is 52.0 Å². The summed E-state index contributed by atoms with van der Waals surface area (Å²) < 4.78 is 11.3. The minimum absolute atomic E-state index is 0.0956. The highest BCUT2D eigenvalue weighted by molar-refractivity contribution is 9.10. The number of carbonyl (C=O) groups excluding carboxylic acids is 2. The van der Waals surface area contributed by atoms with Gasteiger partial charge in [0.15, 0.2) is 11.5 Å². The molecule has 0 aliphatic heterocycles. The van der Waals surface area contributed by atoms with E-state index < -0.39 is 0 Å². The van der Waals surface area contributed by atoms with Gasteiger partial charge < -0.3 is 20.1 Å². The lowest BCUT2D eigenvalue weighted by molar-refractivity contribution is -0.123. The van der Waals surface area contributed by atoms with Gasteiger partial charge in [-0.05, 0) is 48.4 Å². The lowest BCUT2D eigenvalue weighted by atomic mass is 10.1. The Morgan fingerprint density at radius 1 is 1.00 bits per heavy atom. The SMILES string of the molecule is COc1ccc(CC(=O)NCC(=O)Nc2ccc(Br)cc2C)cc1OC. The number of ether oxygens (including phenoxy) is 2. The Labute approximate surface area is 161 Å². The monoisotopic (exact) mass is 420 g/mol. The van der Waals surface area contributed by atoms with Crippen LogP contribution < -0.4 is 20.1 Å². The van der Waals surface area contributed by atoms with Gasteiger partial charge in [0.05, 0.1) is 27.2 Å². The fraction of sp³-hybridized carbons (Fsp3) is 0.263. The summed E-state index contributed by atoms with van der Waals surface area (Å²) in [6.07, 6.45) is 0.144.